The Bertz CT molecular complexity index is 356. The second-order valence-electron chi connectivity index (χ2n) is 5.55. The van der Waals surface area contributed by atoms with E-state index < -0.39 is 0 Å². The smallest absolute Gasteiger partial charge is 0.128 e. The number of ether oxygens (including phenoxy) is 1. The minimum atomic E-state index is 0.723. The van der Waals surface area contributed by atoms with E-state index in [0.717, 1.165) is 43.2 Å². The number of nitrogens with two attached hydrogens (primary N) is 1. The Labute approximate surface area is 117 Å². The molecule has 2 N–H and O–H groups in total. The van der Waals surface area contributed by atoms with Crippen LogP contribution in [0.15, 0.2) is 12.1 Å². The number of aryl methyl sites for hydroxylation is 1. The zero-order chi connectivity index (χ0) is 13.3. The molecule has 1 aromatic rings. The van der Waals surface area contributed by atoms with Crippen molar-refractivity contribution >= 4 is 0 Å². The molecular formula is C17H25NO. The number of hydrogen-bond acceptors (Lipinski definition) is 2. The van der Waals surface area contributed by atoms with Gasteiger partial charge in [-0.2, -0.15) is 0 Å². The standard InChI is InChI=1S/C17H25NO/c18-12-6-10-15-9-5-11-17(13-15)19-14-16-7-3-1-2-4-8-16/h11,13,16H,1-4,6-8,10,12,14,18H2. The lowest BCUT2D eigenvalue weighted by Crippen LogP contribution is -2.11. The molecule has 0 atom stereocenters. The fraction of sp³-hybridized carbons (Fsp3) is 0.647. The first-order valence-electron chi connectivity index (χ1n) is 7.63. The van der Waals surface area contributed by atoms with Gasteiger partial charge in [-0.3, -0.25) is 0 Å². The van der Waals surface area contributed by atoms with Gasteiger partial charge in [0.25, 0.3) is 0 Å². The molecule has 0 aliphatic heterocycles. The van der Waals surface area contributed by atoms with E-state index in [4.69, 9.17) is 10.5 Å². The van der Waals surface area contributed by atoms with Gasteiger partial charge in [0, 0.05) is 11.6 Å². The van der Waals surface area contributed by atoms with Crippen molar-refractivity contribution in [3.8, 4) is 5.75 Å². The van der Waals surface area contributed by atoms with E-state index in [1.807, 2.05) is 6.07 Å². The van der Waals surface area contributed by atoms with Crippen LogP contribution in [0.3, 0.4) is 0 Å². The van der Waals surface area contributed by atoms with E-state index >= 15 is 0 Å². The molecule has 2 heteroatoms. The van der Waals surface area contributed by atoms with Crippen LogP contribution in [0.5, 0.6) is 5.75 Å². The molecular weight excluding hydrogens is 234 g/mol. The van der Waals surface area contributed by atoms with Crippen LogP contribution in [-0.4, -0.2) is 13.2 Å². The minimum absolute atomic E-state index is 0.723. The van der Waals surface area contributed by atoms with Gasteiger partial charge < -0.3 is 10.5 Å². The van der Waals surface area contributed by atoms with E-state index in [0.29, 0.717) is 0 Å². The molecule has 0 heterocycles. The van der Waals surface area contributed by atoms with Crippen molar-refractivity contribution in [2.75, 3.05) is 13.2 Å². The summed E-state index contributed by atoms with van der Waals surface area (Å²) in [6, 6.07) is 10.2. The van der Waals surface area contributed by atoms with Crippen LogP contribution in [0.25, 0.3) is 0 Å². The summed E-state index contributed by atoms with van der Waals surface area (Å²) >= 11 is 0. The highest BCUT2D eigenvalue weighted by Crippen LogP contribution is 2.24. The van der Waals surface area contributed by atoms with Gasteiger partial charge in [0.1, 0.15) is 5.75 Å². The Morgan fingerprint density at radius 1 is 1.21 bits per heavy atom. The molecule has 0 spiro atoms. The van der Waals surface area contributed by atoms with Gasteiger partial charge in [-0.15, -0.1) is 0 Å². The van der Waals surface area contributed by atoms with Crippen molar-refractivity contribution in [3.63, 3.8) is 0 Å². The lowest BCUT2D eigenvalue weighted by molar-refractivity contribution is 0.233. The van der Waals surface area contributed by atoms with Crippen LogP contribution < -0.4 is 10.5 Å². The summed E-state index contributed by atoms with van der Waals surface area (Å²) < 4.78 is 5.94. The molecule has 0 aromatic heterocycles. The molecule has 0 saturated heterocycles. The number of rotatable bonds is 6. The van der Waals surface area contributed by atoms with Crippen molar-refractivity contribution in [1.29, 1.82) is 0 Å². The largest absolute Gasteiger partial charge is 0.493 e. The predicted molar refractivity (Wildman–Crippen MR) is 78.2 cm³/mol. The molecule has 0 amide bonds. The molecule has 1 aliphatic rings. The first-order valence-corrected chi connectivity index (χ1v) is 7.63. The Kier molecular flexibility index (Phi) is 6.04. The zero-order valence-electron chi connectivity index (χ0n) is 11.8. The maximum atomic E-state index is 5.94. The van der Waals surface area contributed by atoms with Crippen molar-refractivity contribution in [3.05, 3.63) is 29.8 Å². The fourth-order valence-electron chi connectivity index (χ4n) is 2.70. The summed E-state index contributed by atoms with van der Waals surface area (Å²) in [6.45, 7) is 1.58. The lowest BCUT2D eigenvalue weighted by Gasteiger charge is -2.15. The fourth-order valence-corrected chi connectivity index (χ4v) is 2.70. The summed E-state index contributed by atoms with van der Waals surface area (Å²) in [5.41, 5.74) is 6.69. The average molecular weight is 259 g/mol. The molecule has 1 aromatic carbocycles. The monoisotopic (exact) mass is 259 g/mol. The average Bonchev–Trinajstić information content (AvgIpc) is 2.72. The second-order valence-corrected chi connectivity index (χ2v) is 5.55. The van der Waals surface area contributed by atoms with Crippen molar-refractivity contribution in [2.45, 2.75) is 51.4 Å². The third-order valence-electron chi connectivity index (χ3n) is 3.87. The quantitative estimate of drug-likeness (QED) is 0.793. The van der Waals surface area contributed by atoms with Gasteiger partial charge in [-0.05, 0) is 44.2 Å². The molecule has 2 rings (SSSR count). The van der Waals surface area contributed by atoms with Crippen LogP contribution >= 0.6 is 0 Å². The highest BCUT2D eigenvalue weighted by Gasteiger charge is 2.12. The third-order valence-corrected chi connectivity index (χ3v) is 3.87. The van der Waals surface area contributed by atoms with Crippen molar-refractivity contribution < 1.29 is 4.74 Å². The van der Waals surface area contributed by atoms with Crippen LogP contribution in [0.2, 0.25) is 0 Å². The first kappa shape index (κ1) is 14.2. The second kappa shape index (κ2) is 8.07. The van der Waals surface area contributed by atoms with Crippen molar-refractivity contribution in [2.24, 2.45) is 11.7 Å². The Morgan fingerprint density at radius 3 is 2.74 bits per heavy atom. The third kappa shape index (κ3) is 5.12. The molecule has 0 bridgehead atoms. The summed E-state index contributed by atoms with van der Waals surface area (Å²) in [5.74, 6) is 1.68. The van der Waals surface area contributed by atoms with Gasteiger partial charge >= 0.3 is 0 Å². The maximum absolute atomic E-state index is 5.94. The SMILES string of the molecule is NCCCc1c#ccc(OCC2CCCCCC2)c1. The van der Waals surface area contributed by atoms with Gasteiger partial charge in [0.05, 0.1) is 6.61 Å². The minimum Gasteiger partial charge on any atom is -0.493 e. The highest BCUT2D eigenvalue weighted by atomic mass is 16.5. The van der Waals surface area contributed by atoms with Gasteiger partial charge in [0.15, 0.2) is 0 Å². The van der Waals surface area contributed by atoms with Gasteiger partial charge in [0.2, 0.25) is 0 Å². The van der Waals surface area contributed by atoms with E-state index in [9.17, 15) is 0 Å². The van der Waals surface area contributed by atoms with E-state index in [1.165, 1.54) is 38.5 Å². The normalized spacial score (nSPS) is 16.7. The predicted octanol–water partition coefficient (Wildman–Crippen LogP) is 3.53. The maximum Gasteiger partial charge on any atom is 0.128 e. The van der Waals surface area contributed by atoms with Crippen LogP contribution in [0.4, 0.5) is 0 Å². The Hall–Kier alpha value is -1.20. The highest BCUT2D eigenvalue weighted by molar-refractivity contribution is 5.24. The molecule has 0 unspecified atom stereocenters. The molecule has 0 radical (unpaired) electrons. The number of hydrogen-bond donors (Lipinski definition) is 1. The molecule has 1 fully saturated rings. The van der Waals surface area contributed by atoms with E-state index in [1.54, 1.807) is 0 Å². The van der Waals surface area contributed by atoms with Gasteiger partial charge in [-0.25, -0.2) is 0 Å². The van der Waals surface area contributed by atoms with E-state index in [-0.39, 0.29) is 0 Å². The Balaban J connectivity index is 1.81. The summed E-state index contributed by atoms with van der Waals surface area (Å²) in [5, 5.41) is 0. The van der Waals surface area contributed by atoms with Crippen LogP contribution in [-0.2, 0) is 6.42 Å². The Morgan fingerprint density at radius 2 is 2.00 bits per heavy atom. The summed E-state index contributed by atoms with van der Waals surface area (Å²) in [7, 11) is 0. The summed E-state index contributed by atoms with van der Waals surface area (Å²) in [4.78, 5) is 0. The lowest BCUT2D eigenvalue weighted by atomic mass is 10.0. The zero-order valence-corrected chi connectivity index (χ0v) is 11.8. The molecule has 104 valence electrons. The molecule has 2 nitrogen and oxygen atoms in total. The van der Waals surface area contributed by atoms with E-state index in [2.05, 4.69) is 18.2 Å². The molecule has 1 saturated carbocycles. The molecule has 1 aliphatic carbocycles. The van der Waals surface area contributed by atoms with Crippen LogP contribution in [0, 0.1) is 18.1 Å². The van der Waals surface area contributed by atoms with Crippen molar-refractivity contribution in [1.82, 2.24) is 0 Å². The van der Waals surface area contributed by atoms with Crippen LogP contribution in [0.1, 0.15) is 50.5 Å². The topological polar surface area (TPSA) is 35.2 Å². The first-order chi connectivity index (χ1) is 9.38. The summed E-state index contributed by atoms with van der Waals surface area (Å²) in [6.07, 6.45) is 10.1. The molecule has 19 heavy (non-hydrogen) atoms. The van der Waals surface area contributed by atoms with Gasteiger partial charge in [-0.1, -0.05) is 37.8 Å².